The van der Waals surface area contributed by atoms with Crippen LogP contribution in [0.2, 0.25) is 0 Å². The third kappa shape index (κ3) is 3.37. The van der Waals surface area contributed by atoms with Crippen molar-refractivity contribution in [3.63, 3.8) is 0 Å². The molecule has 2 aliphatic heterocycles. The summed E-state index contributed by atoms with van der Waals surface area (Å²) in [5.74, 6) is 0.779. The molecular weight excluding hydrogens is 372 g/mol. The van der Waals surface area contributed by atoms with Gasteiger partial charge in [0.1, 0.15) is 12.1 Å². The Labute approximate surface area is 169 Å². The third-order valence-electron chi connectivity index (χ3n) is 5.63. The van der Waals surface area contributed by atoms with Gasteiger partial charge in [0.2, 0.25) is 0 Å². The van der Waals surface area contributed by atoms with Crippen LogP contribution in [-0.4, -0.2) is 67.8 Å². The van der Waals surface area contributed by atoms with Crippen LogP contribution in [0.4, 0.5) is 4.79 Å². The van der Waals surface area contributed by atoms with E-state index in [4.69, 9.17) is 14.2 Å². The lowest BCUT2D eigenvalue weighted by molar-refractivity contribution is 0.0372. The maximum atomic E-state index is 13.4. The summed E-state index contributed by atoms with van der Waals surface area (Å²) in [6.45, 7) is 1.53. The molecule has 29 heavy (non-hydrogen) atoms. The lowest BCUT2D eigenvalue weighted by Gasteiger charge is -2.44. The number of rotatable bonds is 5. The second kappa shape index (κ2) is 7.66. The zero-order chi connectivity index (χ0) is 20.4. The summed E-state index contributed by atoms with van der Waals surface area (Å²) in [7, 11) is 3.06. The van der Waals surface area contributed by atoms with E-state index in [1.54, 1.807) is 35.1 Å². The quantitative estimate of drug-likeness (QED) is 0.777. The van der Waals surface area contributed by atoms with Gasteiger partial charge >= 0.3 is 6.09 Å². The smallest absolute Gasteiger partial charge is 0.410 e. The summed E-state index contributed by atoms with van der Waals surface area (Å²) in [5.41, 5.74) is 0.975. The number of cyclic esters (lactones) is 1. The molecule has 7 heteroatoms. The average molecular weight is 396 g/mol. The Morgan fingerprint density at radius 3 is 2.59 bits per heavy atom. The Morgan fingerprint density at radius 1 is 1.07 bits per heavy atom. The SMILES string of the molecule is COc1cccc(C(=O)N2CCN3C(=O)OCC3(Cc3ccccc3)C2)c1OC. The van der Waals surface area contributed by atoms with Crippen LogP contribution in [0.3, 0.4) is 0 Å². The maximum absolute atomic E-state index is 13.4. The van der Waals surface area contributed by atoms with Crippen molar-refractivity contribution in [1.82, 2.24) is 9.80 Å². The molecular formula is C22H24N2O5. The number of carbonyl (C=O) groups excluding carboxylic acids is 2. The summed E-state index contributed by atoms with van der Waals surface area (Å²) in [6, 6.07) is 15.2. The zero-order valence-corrected chi connectivity index (χ0v) is 16.6. The molecule has 2 heterocycles. The van der Waals surface area contributed by atoms with Crippen LogP contribution in [0.5, 0.6) is 11.5 Å². The number of nitrogens with zero attached hydrogens (tertiary/aromatic N) is 2. The van der Waals surface area contributed by atoms with Gasteiger partial charge in [-0.2, -0.15) is 0 Å². The molecule has 0 aliphatic carbocycles. The second-order valence-electron chi connectivity index (χ2n) is 7.36. The van der Waals surface area contributed by atoms with Crippen molar-refractivity contribution < 1.29 is 23.8 Å². The van der Waals surface area contributed by atoms with Crippen LogP contribution in [0, 0.1) is 0 Å². The van der Waals surface area contributed by atoms with Crippen LogP contribution in [0.25, 0.3) is 0 Å². The predicted molar refractivity (Wildman–Crippen MR) is 106 cm³/mol. The fourth-order valence-corrected chi connectivity index (χ4v) is 4.24. The molecule has 152 valence electrons. The number of hydrogen-bond donors (Lipinski definition) is 0. The van der Waals surface area contributed by atoms with Gasteiger partial charge in [-0.3, -0.25) is 9.69 Å². The standard InChI is InChI=1S/C22H24N2O5/c1-27-18-10-6-9-17(19(18)28-2)20(25)23-11-12-24-21(26)29-15-22(24,14-23)13-16-7-4-3-5-8-16/h3-10H,11-15H2,1-2H3. The first-order valence-electron chi connectivity index (χ1n) is 9.56. The molecule has 0 radical (unpaired) electrons. The van der Waals surface area contributed by atoms with Crippen molar-refractivity contribution in [1.29, 1.82) is 0 Å². The first-order chi connectivity index (χ1) is 14.1. The van der Waals surface area contributed by atoms with Gasteiger partial charge in [0, 0.05) is 26.1 Å². The Bertz CT molecular complexity index is 917. The van der Waals surface area contributed by atoms with Crippen LogP contribution in [0.1, 0.15) is 15.9 Å². The number of amides is 2. The summed E-state index contributed by atoms with van der Waals surface area (Å²) >= 11 is 0. The highest BCUT2D eigenvalue weighted by Crippen LogP contribution is 2.35. The molecule has 2 fully saturated rings. The molecule has 0 saturated carbocycles. The maximum Gasteiger partial charge on any atom is 0.410 e. The highest BCUT2D eigenvalue weighted by Gasteiger charge is 2.51. The number of carbonyl (C=O) groups is 2. The molecule has 0 N–H and O–H groups in total. The normalized spacial score (nSPS) is 20.8. The third-order valence-corrected chi connectivity index (χ3v) is 5.63. The molecule has 1 unspecified atom stereocenters. The van der Waals surface area contributed by atoms with Gasteiger partial charge in [-0.1, -0.05) is 36.4 Å². The van der Waals surface area contributed by atoms with Gasteiger partial charge in [0.25, 0.3) is 5.91 Å². The molecule has 2 aromatic rings. The number of para-hydroxylation sites is 1. The predicted octanol–water partition coefficient (Wildman–Crippen LogP) is 2.59. The van der Waals surface area contributed by atoms with E-state index in [1.807, 2.05) is 30.3 Å². The van der Waals surface area contributed by atoms with E-state index >= 15 is 0 Å². The van der Waals surface area contributed by atoms with Crippen LogP contribution >= 0.6 is 0 Å². The van der Waals surface area contributed by atoms with Crippen molar-refractivity contribution in [2.75, 3.05) is 40.5 Å². The second-order valence-corrected chi connectivity index (χ2v) is 7.36. The number of hydrogen-bond acceptors (Lipinski definition) is 5. The molecule has 2 amide bonds. The van der Waals surface area contributed by atoms with Gasteiger partial charge in [0.15, 0.2) is 11.5 Å². The lowest BCUT2D eigenvalue weighted by atomic mass is 9.88. The van der Waals surface area contributed by atoms with Gasteiger partial charge in [-0.05, 0) is 17.7 Å². The van der Waals surface area contributed by atoms with Crippen LogP contribution < -0.4 is 9.47 Å². The summed E-state index contributed by atoms with van der Waals surface area (Å²) in [5, 5.41) is 0. The zero-order valence-electron chi connectivity index (χ0n) is 16.6. The number of piperazine rings is 1. The van der Waals surface area contributed by atoms with Gasteiger partial charge < -0.3 is 19.1 Å². The highest BCUT2D eigenvalue weighted by atomic mass is 16.6. The Kier molecular flexibility index (Phi) is 5.05. The van der Waals surface area contributed by atoms with E-state index in [2.05, 4.69) is 0 Å². The van der Waals surface area contributed by atoms with E-state index in [0.29, 0.717) is 43.1 Å². The molecule has 0 spiro atoms. The van der Waals surface area contributed by atoms with Crippen molar-refractivity contribution >= 4 is 12.0 Å². The first kappa shape index (κ1) is 19.1. The number of benzene rings is 2. The van der Waals surface area contributed by atoms with Crippen molar-refractivity contribution in [2.45, 2.75) is 12.0 Å². The highest BCUT2D eigenvalue weighted by molar-refractivity contribution is 5.98. The molecule has 2 aliphatic rings. The number of ether oxygens (including phenoxy) is 3. The molecule has 0 bridgehead atoms. The van der Waals surface area contributed by atoms with E-state index in [9.17, 15) is 9.59 Å². The minimum absolute atomic E-state index is 0.146. The summed E-state index contributed by atoms with van der Waals surface area (Å²) in [4.78, 5) is 29.2. The molecule has 7 nitrogen and oxygen atoms in total. The minimum atomic E-state index is -0.571. The van der Waals surface area contributed by atoms with Gasteiger partial charge in [0.05, 0.1) is 19.8 Å². The monoisotopic (exact) mass is 396 g/mol. The lowest BCUT2D eigenvalue weighted by Crippen LogP contribution is -2.63. The Balaban J connectivity index is 1.64. The van der Waals surface area contributed by atoms with E-state index in [1.165, 1.54) is 7.11 Å². The van der Waals surface area contributed by atoms with E-state index in [0.717, 1.165) is 5.56 Å². The van der Waals surface area contributed by atoms with Crippen molar-refractivity contribution in [2.24, 2.45) is 0 Å². The van der Waals surface area contributed by atoms with Gasteiger partial charge in [-0.25, -0.2) is 4.79 Å². The summed E-state index contributed by atoms with van der Waals surface area (Å²) in [6.07, 6.45) is 0.311. The van der Waals surface area contributed by atoms with E-state index < -0.39 is 5.54 Å². The Morgan fingerprint density at radius 2 is 1.86 bits per heavy atom. The molecule has 4 rings (SSSR count). The Hall–Kier alpha value is -3.22. The molecule has 2 saturated heterocycles. The topological polar surface area (TPSA) is 68.3 Å². The molecule has 2 aromatic carbocycles. The minimum Gasteiger partial charge on any atom is -0.493 e. The molecule has 1 atom stereocenters. The fourth-order valence-electron chi connectivity index (χ4n) is 4.24. The number of fused-ring (bicyclic) bond motifs is 1. The van der Waals surface area contributed by atoms with Crippen LogP contribution in [-0.2, 0) is 11.2 Å². The van der Waals surface area contributed by atoms with Crippen molar-refractivity contribution in [3.05, 3.63) is 59.7 Å². The first-order valence-corrected chi connectivity index (χ1v) is 9.56. The number of methoxy groups -OCH3 is 2. The van der Waals surface area contributed by atoms with Crippen molar-refractivity contribution in [3.8, 4) is 11.5 Å². The van der Waals surface area contributed by atoms with E-state index in [-0.39, 0.29) is 18.6 Å². The average Bonchev–Trinajstić information content (AvgIpc) is 3.08. The summed E-state index contributed by atoms with van der Waals surface area (Å²) < 4.78 is 16.2. The van der Waals surface area contributed by atoms with Gasteiger partial charge in [-0.15, -0.1) is 0 Å². The molecule has 0 aromatic heterocycles. The van der Waals surface area contributed by atoms with Crippen LogP contribution in [0.15, 0.2) is 48.5 Å². The fraction of sp³-hybridized carbons (Fsp3) is 0.364. The largest absolute Gasteiger partial charge is 0.493 e.